The molecule has 0 aliphatic heterocycles. The number of benzene rings is 2. The summed E-state index contributed by atoms with van der Waals surface area (Å²) < 4.78 is 18.1. The molecule has 0 saturated heterocycles. The van der Waals surface area contributed by atoms with Crippen LogP contribution >= 0.6 is 11.3 Å². The summed E-state index contributed by atoms with van der Waals surface area (Å²) in [5.74, 6) is -0.893. The largest absolute Gasteiger partial charge is 0.462 e. The Kier molecular flexibility index (Phi) is 7.51. The van der Waals surface area contributed by atoms with Crippen molar-refractivity contribution in [1.29, 1.82) is 0 Å². The topological polar surface area (TPSA) is 80.3 Å². The van der Waals surface area contributed by atoms with Crippen LogP contribution in [0.5, 0.6) is 0 Å². The van der Waals surface area contributed by atoms with E-state index in [1.807, 2.05) is 6.92 Å². The Labute approximate surface area is 178 Å². The van der Waals surface area contributed by atoms with Gasteiger partial charge >= 0.3 is 5.97 Å². The van der Waals surface area contributed by atoms with Crippen LogP contribution in [-0.2, 0) is 16.0 Å². The molecule has 3 rings (SSSR count). The average Bonchev–Trinajstić information content (AvgIpc) is 3.17. The quantitative estimate of drug-likeness (QED) is 0.364. The van der Waals surface area contributed by atoms with E-state index in [9.17, 15) is 14.0 Å². The summed E-state index contributed by atoms with van der Waals surface area (Å²) in [5, 5.41) is 8.27. The number of amides is 1. The molecule has 0 fully saturated rings. The number of ether oxygens (including phenoxy) is 1. The Balaban J connectivity index is 1.50. The van der Waals surface area contributed by atoms with Crippen LogP contribution in [0.3, 0.4) is 0 Å². The molecule has 0 aliphatic carbocycles. The number of rotatable bonds is 9. The smallest absolute Gasteiger partial charge is 0.338 e. The first-order valence-corrected chi connectivity index (χ1v) is 10.5. The monoisotopic (exact) mass is 427 g/mol. The number of thiazole rings is 1. The minimum absolute atomic E-state index is 0.114. The summed E-state index contributed by atoms with van der Waals surface area (Å²) in [4.78, 5) is 28.6. The first kappa shape index (κ1) is 21.4. The number of nitrogens with one attached hydrogen (secondary N) is 2. The van der Waals surface area contributed by atoms with Crippen molar-refractivity contribution in [3.05, 3.63) is 71.0 Å². The molecule has 2 N–H and O–H groups in total. The van der Waals surface area contributed by atoms with Crippen molar-refractivity contribution in [1.82, 2.24) is 4.98 Å². The maximum atomic E-state index is 13.0. The Bertz CT molecular complexity index is 988. The van der Waals surface area contributed by atoms with E-state index in [1.54, 1.807) is 41.8 Å². The molecular formula is C22H22FN3O3S. The highest BCUT2D eigenvalue weighted by Gasteiger charge is 2.10. The van der Waals surface area contributed by atoms with Crippen LogP contribution in [0.2, 0.25) is 0 Å². The van der Waals surface area contributed by atoms with Gasteiger partial charge in [-0.3, -0.25) is 4.79 Å². The predicted molar refractivity (Wildman–Crippen MR) is 116 cm³/mol. The highest BCUT2D eigenvalue weighted by molar-refractivity contribution is 7.13. The fourth-order valence-electron chi connectivity index (χ4n) is 2.55. The van der Waals surface area contributed by atoms with Gasteiger partial charge in [-0.2, -0.15) is 0 Å². The van der Waals surface area contributed by atoms with Crippen LogP contribution in [0.4, 0.5) is 20.9 Å². The van der Waals surface area contributed by atoms with Crippen molar-refractivity contribution in [2.75, 3.05) is 17.2 Å². The molecule has 3 aromatic rings. The molecule has 2 aromatic carbocycles. The molecule has 6 nitrogen and oxygen atoms in total. The Morgan fingerprint density at radius 1 is 1.07 bits per heavy atom. The van der Waals surface area contributed by atoms with E-state index in [2.05, 4.69) is 15.6 Å². The maximum Gasteiger partial charge on any atom is 0.338 e. The zero-order chi connectivity index (χ0) is 21.3. The number of anilines is 3. The number of nitrogens with zero attached hydrogens (tertiary/aromatic N) is 1. The van der Waals surface area contributed by atoms with Gasteiger partial charge in [-0.1, -0.05) is 13.3 Å². The van der Waals surface area contributed by atoms with E-state index in [-0.39, 0.29) is 24.1 Å². The second-order valence-electron chi connectivity index (χ2n) is 6.57. The maximum absolute atomic E-state index is 13.0. The highest BCUT2D eigenvalue weighted by atomic mass is 32.1. The Morgan fingerprint density at radius 3 is 2.47 bits per heavy atom. The molecule has 30 heavy (non-hydrogen) atoms. The summed E-state index contributed by atoms with van der Waals surface area (Å²) in [5.41, 5.74) is 2.37. The number of unbranched alkanes of at least 4 members (excludes halogenated alkanes) is 1. The average molecular weight is 428 g/mol. The molecule has 0 spiro atoms. The number of halogens is 1. The van der Waals surface area contributed by atoms with E-state index < -0.39 is 0 Å². The van der Waals surface area contributed by atoms with Gasteiger partial charge in [0, 0.05) is 16.8 Å². The molecule has 1 aromatic heterocycles. The lowest BCUT2D eigenvalue weighted by molar-refractivity contribution is -0.115. The van der Waals surface area contributed by atoms with Gasteiger partial charge in [0.05, 0.1) is 24.3 Å². The van der Waals surface area contributed by atoms with Crippen LogP contribution in [-0.4, -0.2) is 23.5 Å². The molecule has 0 atom stereocenters. The zero-order valence-corrected chi connectivity index (χ0v) is 17.3. The Hall–Kier alpha value is -3.26. The fourth-order valence-corrected chi connectivity index (χ4v) is 3.28. The van der Waals surface area contributed by atoms with Gasteiger partial charge in [-0.15, -0.1) is 11.3 Å². The third kappa shape index (κ3) is 6.38. The van der Waals surface area contributed by atoms with Gasteiger partial charge in [0.1, 0.15) is 5.82 Å². The van der Waals surface area contributed by atoms with Crippen molar-refractivity contribution < 1.29 is 18.7 Å². The number of hydrogen-bond donors (Lipinski definition) is 2. The fraction of sp³-hybridized carbons (Fsp3) is 0.227. The third-order valence-electron chi connectivity index (χ3n) is 4.12. The van der Waals surface area contributed by atoms with Gasteiger partial charge in [0.25, 0.3) is 0 Å². The number of hydrogen-bond acceptors (Lipinski definition) is 6. The van der Waals surface area contributed by atoms with Crippen LogP contribution < -0.4 is 10.6 Å². The van der Waals surface area contributed by atoms with E-state index in [0.717, 1.165) is 18.5 Å². The molecule has 1 amide bonds. The summed E-state index contributed by atoms with van der Waals surface area (Å²) >= 11 is 1.36. The van der Waals surface area contributed by atoms with E-state index in [4.69, 9.17) is 4.74 Å². The third-order valence-corrected chi connectivity index (χ3v) is 4.93. The molecule has 0 radical (unpaired) electrons. The van der Waals surface area contributed by atoms with Gasteiger partial charge < -0.3 is 15.4 Å². The summed E-state index contributed by atoms with van der Waals surface area (Å²) in [6, 6.07) is 12.5. The lowest BCUT2D eigenvalue weighted by Crippen LogP contribution is -2.15. The minimum atomic E-state index is -0.370. The van der Waals surface area contributed by atoms with Crippen molar-refractivity contribution in [3.63, 3.8) is 0 Å². The summed E-state index contributed by atoms with van der Waals surface area (Å²) in [7, 11) is 0. The molecule has 1 heterocycles. The van der Waals surface area contributed by atoms with Gasteiger partial charge in [0.15, 0.2) is 5.13 Å². The van der Waals surface area contributed by atoms with Crippen molar-refractivity contribution in [2.45, 2.75) is 26.2 Å². The Morgan fingerprint density at radius 2 is 1.77 bits per heavy atom. The van der Waals surface area contributed by atoms with Crippen LogP contribution in [0.25, 0.3) is 0 Å². The van der Waals surface area contributed by atoms with E-state index in [0.29, 0.717) is 28.7 Å². The van der Waals surface area contributed by atoms with Gasteiger partial charge in [-0.25, -0.2) is 14.2 Å². The standard InChI is InChI=1S/C22H22FN3O3S/c1-2-3-12-29-21(28)15-4-8-17(9-5-15)24-20(27)13-19-14-30-22(26-19)25-18-10-6-16(23)7-11-18/h4-11,14H,2-3,12-13H2,1H3,(H,24,27)(H,25,26). The first-order valence-electron chi connectivity index (χ1n) is 9.57. The second-order valence-corrected chi connectivity index (χ2v) is 7.43. The van der Waals surface area contributed by atoms with E-state index in [1.165, 1.54) is 23.5 Å². The number of esters is 1. The molecule has 0 unspecified atom stereocenters. The lowest BCUT2D eigenvalue weighted by Gasteiger charge is -2.06. The first-order chi connectivity index (χ1) is 14.5. The highest BCUT2D eigenvalue weighted by Crippen LogP contribution is 2.21. The normalized spacial score (nSPS) is 10.5. The van der Waals surface area contributed by atoms with Crippen LogP contribution in [0, 0.1) is 5.82 Å². The van der Waals surface area contributed by atoms with E-state index >= 15 is 0 Å². The van der Waals surface area contributed by atoms with Crippen molar-refractivity contribution in [3.8, 4) is 0 Å². The van der Waals surface area contributed by atoms with Gasteiger partial charge in [-0.05, 0) is 55.0 Å². The van der Waals surface area contributed by atoms with Gasteiger partial charge in [0.2, 0.25) is 5.91 Å². The van der Waals surface area contributed by atoms with Crippen molar-refractivity contribution in [2.24, 2.45) is 0 Å². The number of carbonyl (C=O) groups is 2. The number of carbonyl (C=O) groups excluding carboxylic acids is 2. The lowest BCUT2D eigenvalue weighted by atomic mass is 10.2. The molecule has 8 heteroatoms. The summed E-state index contributed by atoms with van der Waals surface area (Å²) in [6.07, 6.45) is 1.90. The van der Waals surface area contributed by atoms with Crippen molar-refractivity contribution >= 4 is 39.7 Å². The molecule has 0 bridgehead atoms. The predicted octanol–water partition coefficient (Wildman–Crippen LogP) is 5.16. The molecule has 156 valence electrons. The van der Waals surface area contributed by atoms with Crippen LogP contribution in [0.1, 0.15) is 35.8 Å². The summed E-state index contributed by atoms with van der Waals surface area (Å²) in [6.45, 7) is 2.43. The molecular weight excluding hydrogens is 405 g/mol. The number of aromatic nitrogens is 1. The molecule has 0 saturated carbocycles. The second kappa shape index (κ2) is 10.5. The van der Waals surface area contributed by atoms with Crippen LogP contribution in [0.15, 0.2) is 53.9 Å². The molecule has 0 aliphatic rings. The zero-order valence-electron chi connectivity index (χ0n) is 16.5. The SMILES string of the molecule is CCCCOC(=O)c1ccc(NC(=O)Cc2csc(Nc3ccc(F)cc3)n2)cc1. The minimum Gasteiger partial charge on any atom is -0.462 e.